The maximum atomic E-state index is 12.8. The summed E-state index contributed by atoms with van der Waals surface area (Å²) in [7, 11) is 0. The van der Waals surface area contributed by atoms with Crippen molar-refractivity contribution in [2.45, 2.75) is 38.8 Å². The summed E-state index contributed by atoms with van der Waals surface area (Å²) in [5.74, 6) is 0.926. The van der Waals surface area contributed by atoms with Crippen LogP contribution in [-0.4, -0.2) is 34.9 Å². The summed E-state index contributed by atoms with van der Waals surface area (Å²) in [5.41, 5.74) is 0.983. The summed E-state index contributed by atoms with van der Waals surface area (Å²) in [5, 5.41) is 10.5. The van der Waals surface area contributed by atoms with Crippen molar-refractivity contribution >= 4 is 11.7 Å². The van der Waals surface area contributed by atoms with Crippen molar-refractivity contribution < 1.29 is 13.9 Å². The lowest BCUT2D eigenvalue weighted by Gasteiger charge is -2.09. The van der Waals surface area contributed by atoms with Crippen molar-refractivity contribution in [3.63, 3.8) is 0 Å². The lowest BCUT2D eigenvalue weighted by Crippen LogP contribution is -2.35. The Morgan fingerprint density at radius 2 is 2.24 bits per heavy atom. The number of nitrogens with one attached hydrogen (secondary N) is 2. The number of amides is 1. The molecule has 1 aromatic heterocycles. The Morgan fingerprint density at radius 1 is 1.44 bits per heavy atom. The fourth-order valence-electron chi connectivity index (χ4n) is 2.85. The van der Waals surface area contributed by atoms with E-state index >= 15 is 0 Å². The summed E-state index contributed by atoms with van der Waals surface area (Å²) < 4.78 is 20.3. The first-order valence-electron chi connectivity index (χ1n) is 8.59. The summed E-state index contributed by atoms with van der Waals surface area (Å²) in [4.78, 5) is 12.1. The summed E-state index contributed by atoms with van der Waals surface area (Å²) in [6.45, 7) is 4.04. The molecule has 1 saturated heterocycles. The number of ether oxygens (including phenoxy) is 1. The number of rotatable bonds is 7. The quantitative estimate of drug-likeness (QED) is 0.756. The third-order valence-corrected chi connectivity index (χ3v) is 4.21. The molecule has 134 valence electrons. The second-order valence-electron chi connectivity index (χ2n) is 6.19. The van der Waals surface area contributed by atoms with Gasteiger partial charge >= 0.3 is 0 Å². The number of nitrogens with zero attached hydrogens (tertiary/aromatic N) is 2. The van der Waals surface area contributed by atoms with Gasteiger partial charge in [-0.15, -0.1) is 0 Å². The minimum Gasteiger partial charge on any atom is -0.494 e. The summed E-state index contributed by atoms with van der Waals surface area (Å²) in [6, 6.07) is 7.73. The van der Waals surface area contributed by atoms with Gasteiger partial charge in [0.05, 0.1) is 12.6 Å². The molecular weight excluding hydrogens is 323 g/mol. The topological polar surface area (TPSA) is 68.2 Å². The fraction of sp³-hybridized carbons (Fsp3) is 0.444. The van der Waals surface area contributed by atoms with Crippen molar-refractivity contribution in [1.29, 1.82) is 0 Å². The highest BCUT2D eigenvalue weighted by atomic mass is 19.1. The third kappa shape index (κ3) is 4.79. The van der Waals surface area contributed by atoms with Crippen LogP contribution in [0, 0.1) is 12.7 Å². The molecule has 0 radical (unpaired) electrons. The van der Waals surface area contributed by atoms with Crippen molar-refractivity contribution in [3.8, 4) is 5.75 Å². The predicted octanol–water partition coefficient (Wildman–Crippen LogP) is 2.49. The molecule has 1 aromatic carbocycles. The van der Waals surface area contributed by atoms with Crippen LogP contribution >= 0.6 is 0 Å². The van der Waals surface area contributed by atoms with Gasteiger partial charge in [0.1, 0.15) is 11.6 Å². The number of carbonyl (C=O) groups excluding carboxylic acids is 1. The van der Waals surface area contributed by atoms with E-state index in [9.17, 15) is 9.18 Å². The molecule has 0 spiro atoms. The Balaban J connectivity index is 1.45. The van der Waals surface area contributed by atoms with Gasteiger partial charge in [-0.3, -0.25) is 9.48 Å². The van der Waals surface area contributed by atoms with Gasteiger partial charge in [-0.2, -0.15) is 5.10 Å². The molecule has 1 atom stereocenters. The lowest BCUT2D eigenvalue weighted by atomic mass is 10.2. The molecule has 1 aliphatic rings. The number of halogens is 1. The highest BCUT2D eigenvalue weighted by molar-refractivity contribution is 5.94. The van der Waals surface area contributed by atoms with Crippen LogP contribution < -0.4 is 15.4 Å². The first-order valence-corrected chi connectivity index (χ1v) is 8.59. The maximum Gasteiger partial charge on any atom is 0.242 e. The van der Waals surface area contributed by atoms with E-state index in [-0.39, 0.29) is 17.8 Å². The van der Waals surface area contributed by atoms with Crippen molar-refractivity contribution in [1.82, 2.24) is 15.1 Å². The molecule has 2 heterocycles. The molecule has 3 rings (SSSR count). The van der Waals surface area contributed by atoms with Crippen molar-refractivity contribution in [2.24, 2.45) is 0 Å². The van der Waals surface area contributed by atoms with E-state index in [0.29, 0.717) is 24.7 Å². The Labute approximate surface area is 146 Å². The zero-order valence-electron chi connectivity index (χ0n) is 14.3. The molecule has 0 saturated carbocycles. The molecule has 0 unspecified atom stereocenters. The normalized spacial score (nSPS) is 16.8. The lowest BCUT2D eigenvalue weighted by molar-refractivity contribution is -0.117. The van der Waals surface area contributed by atoms with Crippen LogP contribution in [0.5, 0.6) is 5.75 Å². The zero-order valence-corrected chi connectivity index (χ0v) is 14.3. The van der Waals surface area contributed by atoms with E-state index in [1.54, 1.807) is 12.1 Å². The molecule has 6 nitrogen and oxygen atoms in total. The molecule has 1 amide bonds. The predicted molar refractivity (Wildman–Crippen MR) is 93.1 cm³/mol. The highest BCUT2D eigenvalue weighted by Crippen LogP contribution is 2.14. The zero-order chi connectivity index (χ0) is 17.6. The number of hydrogen-bond acceptors (Lipinski definition) is 4. The monoisotopic (exact) mass is 346 g/mol. The third-order valence-electron chi connectivity index (χ3n) is 4.21. The van der Waals surface area contributed by atoms with Crippen LogP contribution in [0.2, 0.25) is 0 Å². The molecule has 1 fully saturated rings. The second-order valence-corrected chi connectivity index (χ2v) is 6.19. The van der Waals surface area contributed by atoms with Gasteiger partial charge in [0.25, 0.3) is 0 Å². The number of carbonyl (C=O) groups is 1. The van der Waals surface area contributed by atoms with Crippen molar-refractivity contribution in [2.75, 3.05) is 18.5 Å². The SMILES string of the molecule is Cc1cc(NC(=O)[C@@H]2CCCN2)nn1CCCOc1ccc(F)cc1. The van der Waals surface area contributed by atoms with E-state index in [4.69, 9.17) is 4.74 Å². The molecule has 0 bridgehead atoms. The van der Waals surface area contributed by atoms with Crippen molar-refractivity contribution in [3.05, 3.63) is 41.8 Å². The van der Waals surface area contributed by atoms with Crippen LogP contribution in [0.1, 0.15) is 25.0 Å². The molecule has 0 aliphatic carbocycles. The van der Waals surface area contributed by atoms with Gasteiger partial charge < -0.3 is 15.4 Å². The Kier molecular flexibility index (Phi) is 5.65. The Hall–Kier alpha value is -2.41. The Bertz CT molecular complexity index is 708. The second kappa shape index (κ2) is 8.11. The first kappa shape index (κ1) is 17.4. The fourth-order valence-corrected chi connectivity index (χ4v) is 2.85. The molecular formula is C18H23FN4O2. The number of hydrogen-bond donors (Lipinski definition) is 2. The summed E-state index contributed by atoms with van der Waals surface area (Å²) >= 11 is 0. The van der Waals surface area contributed by atoms with E-state index in [0.717, 1.165) is 31.5 Å². The molecule has 25 heavy (non-hydrogen) atoms. The number of benzene rings is 1. The Morgan fingerprint density at radius 3 is 2.96 bits per heavy atom. The number of aryl methyl sites for hydroxylation is 2. The average molecular weight is 346 g/mol. The maximum absolute atomic E-state index is 12.8. The van der Waals surface area contributed by atoms with Gasteiger partial charge in [-0.1, -0.05) is 0 Å². The highest BCUT2D eigenvalue weighted by Gasteiger charge is 2.22. The summed E-state index contributed by atoms with van der Waals surface area (Å²) in [6.07, 6.45) is 2.66. The van der Waals surface area contributed by atoms with E-state index in [1.165, 1.54) is 12.1 Å². The molecule has 2 aromatic rings. The van der Waals surface area contributed by atoms with Crippen LogP contribution in [0.4, 0.5) is 10.2 Å². The van der Waals surface area contributed by atoms with Gasteiger partial charge in [0.15, 0.2) is 5.82 Å². The smallest absolute Gasteiger partial charge is 0.242 e. The van der Waals surface area contributed by atoms with Crippen LogP contribution in [-0.2, 0) is 11.3 Å². The average Bonchev–Trinajstić information content (AvgIpc) is 3.24. The first-order chi connectivity index (χ1) is 12.1. The van der Waals surface area contributed by atoms with Crippen LogP contribution in [0.25, 0.3) is 0 Å². The number of aromatic nitrogens is 2. The number of anilines is 1. The van der Waals surface area contributed by atoms with E-state index in [1.807, 2.05) is 17.7 Å². The van der Waals surface area contributed by atoms with Gasteiger partial charge in [-0.25, -0.2) is 4.39 Å². The standard InChI is InChI=1S/C18H23FN4O2/c1-13-12-17(21-18(24)16-4-2-9-20-16)22-23(13)10-3-11-25-15-7-5-14(19)6-8-15/h5-8,12,16,20H,2-4,9-11H2,1H3,(H,21,22,24)/t16-/m0/s1. The van der Waals surface area contributed by atoms with E-state index in [2.05, 4.69) is 15.7 Å². The van der Waals surface area contributed by atoms with Crippen LogP contribution in [0.3, 0.4) is 0 Å². The molecule has 2 N–H and O–H groups in total. The van der Waals surface area contributed by atoms with E-state index < -0.39 is 0 Å². The van der Waals surface area contributed by atoms with Crippen LogP contribution in [0.15, 0.2) is 30.3 Å². The minimum atomic E-state index is -0.276. The van der Waals surface area contributed by atoms with Gasteiger partial charge in [0.2, 0.25) is 5.91 Å². The van der Waals surface area contributed by atoms with Gasteiger partial charge in [0, 0.05) is 24.7 Å². The minimum absolute atomic E-state index is 0.0261. The largest absolute Gasteiger partial charge is 0.494 e. The molecule has 7 heteroatoms. The van der Waals surface area contributed by atoms with Gasteiger partial charge in [-0.05, 0) is 50.6 Å². The molecule has 1 aliphatic heterocycles.